The van der Waals surface area contributed by atoms with Crippen LogP contribution in [0.5, 0.6) is 0 Å². The minimum absolute atomic E-state index is 0.00496. The first-order valence-electron chi connectivity index (χ1n) is 9.70. The third kappa shape index (κ3) is 1.79. The van der Waals surface area contributed by atoms with Gasteiger partial charge in [-0.2, -0.15) is 0 Å². The fourth-order valence-electron chi connectivity index (χ4n) is 7.35. The monoisotopic (exact) mass is 368 g/mol. The van der Waals surface area contributed by atoms with Gasteiger partial charge in [0.05, 0.1) is 30.0 Å². The second kappa shape index (κ2) is 5.10. The Balaban J connectivity index is 1.94. The van der Waals surface area contributed by atoms with Gasteiger partial charge in [0.15, 0.2) is 0 Å². The van der Waals surface area contributed by atoms with E-state index in [1.807, 2.05) is 13.0 Å². The first-order chi connectivity index (χ1) is 11.8. The van der Waals surface area contributed by atoms with Crippen LogP contribution < -0.4 is 0 Å². The number of hydrogen-bond donors (Lipinski definition) is 6. The van der Waals surface area contributed by atoms with E-state index >= 15 is 0 Å². The molecule has 2 bridgehead atoms. The third-order valence-electron chi connectivity index (χ3n) is 8.73. The van der Waals surface area contributed by atoms with Crippen LogP contribution in [-0.4, -0.2) is 66.3 Å². The van der Waals surface area contributed by atoms with Gasteiger partial charge in [0.25, 0.3) is 0 Å². The fourth-order valence-corrected chi connectivity index (χ4v) is 7.35. The van der Waals surface area contributed by atoms with Crippen LogP contribution in [0.25, 0.3) is 0 Å². The van der Waals surface area contributed by atoms with Crippen molar-refractivity contribution < 1.29 is 30.6 Å². The largest absolute Gasteiger partial charge is 0.392 e. The molecule has 0 aliphatic heterocycles. The van der Waals surface area contributed by atoms with Gasteiger partial charge in [-0.1, -0.05) is 25.5 Å². The zero-order valence-electron chi connectivity index (χ0n) is 15.9. The van der Waals surface area contributed by atoms with Crippen LogP contribution in [-0.2, 0) is 0 Å². The summed E-state index contributed by atoms with van der Waals surface area (Å²) in [6.45, 7) is 6.78. The Bertz CT molecular complexity index is 657. The van der Waals surface area contributed by atoms with E-state index in [1.54, 1.807) is 20.8 Å². The van der Waals surface area contributed by atoms with Crippen LogP contribution in [0, 0.1) is 28.6 Å². The predicted molar refractivity (Wildman–Crippen MR) is 93.9 cm³/mol. The molecule has 1 spiro atoms. The van der Waals surface area contributed by atoms with Crippen molar-refractivity contribution in [1.29, 1.82) is 0 Å². The minimum atomic E-state index is -1.87. The van der Waals surface area contributed by atoms with E-state index in [9.17, 15) is 30.6 Å². The molecule has 0 aromatic carbocycles. The molecule has 0 amide bonds. The highest BCUT2D eigenvalue weighted by molar-refractivity contribution is 5.34. The summed E-state index contributed by atoms with van der Waals surface area (Å²) >= 11 is 0. The first-order valence-corrected chi connectivity index (χ1v) is 9.70. The summed E-state index contributed by atoms with van der Waals surface area (Å²) < 4.78 is 0. The van der Waals surface area contributed by atoms with Gasteiger partial charge in [-0.3, -0.25) is 0 Å². The molecule has 6 nitrogen and oxygen atoms in total. The molecule has 4 aliphatic carbocycles. The minimum Gasteiger partial charge on any atom is -0.392 e. The Morgan fingerprint density at radius 3 is 2.19 bits per heavy atom. The van der Waals surface area contributed by atoms with Crippen molar-refractivity contribution in [1.82, 2.24) is 0 Å². The quantitative estimate of drug-likeness (QED) is 0.333. The van der Waals surface area contributed by atoms with Crippen molar-refractivity contribution in [3.8, 4) is 0 Å². The van der Waals surface area contributed by atoms with Crippen molar-refractivity contribution in [2.24, 2.45) is 28.6 Å². The van der Waals surface area contributed by atoms with Gasteiger partial charge in [0.2, 0.25) is 0 Å². The molecule has 0 saturated heterocycles. The maximum Gasteiger partial charge on any atom is 0.106 e. The lowest BCUT2D eigenvalue weighted by atomic mass is 9.57. The standard InChI is InChI=1S/C20H32O6/c1-9-7-19-8-12(21)20(26)14(13(22)16(24)17(20,2)3)18(4,25)11(19)6-5-10(9)15(19)23/h7,10-16,21-26H,5-6,8H2,1-4H3/t10-,11-,12-,13+,14-,15+,16-,18+,19+,20+/m0/s1. The SMILES string of the molecule is CC1=C[C@@]23C[C@H](O)[C@@]4(O)[C@@H]([C@@H](O)[C@H](O)C4(C)C)[C@](C)(O)[C@@H]2CC[C@@H]1[C@H]3O. The lowest BCUT2D eigenvalue weighted by Gasteiger charge is -2.51. The number of aliphatic hydroxyl groups is 6. The molecule has 0 radical (unpaired) electrons. The third-order valence-corrected chi connectivity index (χ3v) is 8.73. The maximum atomic E-state index is 11.7. The molecule has 4 rings (SSSR count). The van der Waals surface area contributed by atoms with Crippen LogP contribution >= 0.6 is 0 Å². The van der Waals surface area contributed by atoms with Gasteiger partial charge >= 0.3 is 0 Å². The fraction of sp³-hybridized carbons (Fsp3) is 0.900. The summed E-state index contributed by atoms with van der Waals surface area (Å²) in [4.78, 5) is 0. The molecular weight excluding hydrogens is 336 g/mol. The number of hydrogen-bond acceptors (Lipinski definition) is 6. The molecule has 148 valence electrons. The van der Waals surface area contributed by atoms with Crippen LogP contribution in [0.15, 0.2) is 11.6 Å². The highest BCUT2D eigenvalue weighted by Gasteiger charge is 2.76. The summed E-state index contributed by atoms with van der Waals surface area (Å²) in [6.07, 6.45) is -1.22. The highest BCUT2D eigenvalue weighted by Crippen LogP contribution is 2.67. The Morgan fingerprint density at radius 2 is 1.58 bits per heavy atom. The summed E-state index contributed by atoms with van der Waals surface area (Å²) in [5.41, 5.74) is -4.43. The van der Waals surface area contributed by atoms with Crippen molar-refractivity contribution in [2.75, 3.05) is 0 Å². The zero-order chi connectivity index (χ0) is 19.4. The van der Waals surface area contributed by atoms with Gasteiger partial charge in [0, 0.05) is 22.7 Å². The van der Waals surface area contributed by atoms with Crippen molar-refractivity contribution in [3.63, 3.8) is 0 Å². The molecule has 0 aromatic heterocycles. The van der Waals surface area contributed by atoms with Crippen molar-refractivity contribution >= 4 is 0 Å². The smallest absolute Gasteiger partial charge is 0.106 e. The second-order valence-corrected chi connectivity index (χ2v) is 10.1. The van der Waals surface area contributed by atoms with E-state index in [0.717, 1.165) is 12.0 Å². The average Bonchev–Trinajstić information content (AvgIpc) is 2.73. The Hall–Kier alpha value is -0.500. The second-order valence-electron chi connectivity index (χ2n) is 10.1. The van der Waals surface area contributed by atoms with E-state index in [4.69, 9.17) is 0 Å². The number of aliphatic hydroxyl groups excluding tert-OH is 4. The van der Waals surface area contributed by atoms with Crippen LogP contribution in [0.2, 0.25) is 0 Å². The topological polar surface area (TPSA) is 121 Å². The first kappa shape index (κ1) is 18.8. The Kier molecular flexibility index (Phi) is 3.70. The Labute approximate surface area is 154 Å². The summed E-state index contributed by atoms with van der Waals surface area (Å²) in [6, 6.07) is 0. The molecule has 0 aromatic rings. The van der Waals surface area contributed by atoms with Gasteiger partial charge in [-0.05, 0) is 39.0 Å². The lowest BCUT2D eigenvalue weighted by molar-refractivity contribution is -0.208. The average molecular weight is 368 g/mol. The molecular formula is C20H32O6. The highest BCUT2D eigenvalue weighted by atomic mass is 16.4. The summed E-state index contributed by atoms with van der Waals surface area (Å²) in [5.74, 6) is -1.54. The lowest BCUT2D eigenvalue weighted by Crippen LogP contribution is -2.62. The van der Waals surface area contributed by atoms with Gasteiger partial charge in [0.1, 0.15) is 5.60 Å². The summed E-state index contributed by atoms with van der Waals surface area (Å²) in [7, 11) is 0. The molecule has 3 fully saturated rings. The normalized spacial score (nSPS) is 60.8. The molecule has 0 heterocycles. The Morgan fingerprint density at radius 1 is 0.962 bits per heavy atom. The van der Waals surface area contributed by atoms with Crippen LogP contribution in [0.3, 0.4) is 0 Å². The van der Waals surface area contributed by atoms with E-state index in [-0.39, 0.29) is 12.3 Å². The number of fused-ring (bicyclic) bond motifs is 2. The van der Waals surface area contributed by atoms with Gasteiger partial charge < -0.3 is 30.6 Å². The predicted octanol–water partition coefficient (Wildman–Crippen LogP) is -0.0557. The molecule has 6 heteroatoms. The van der Waals surface area contributed by atoms with Crippen LogP contribution in [0.1, 0.15) is 47.0 Å². The van der Waals surface area contributed by atoms with E-state index in [1.165, 1.54) is 0 Å². The molecule has 0 unspecified atom stereocenters. The molecule has 4 aliphatic rings. The van der Waals surface area contributed by atoms with Crippen molar-refractivity contribution in [2.45, 2.75) is 82.6 Å². The van der Waals surface area contributed by atoms with Gasteiger partial charge in [-0.15, -0.1) is 0 Å². The molecule has 26 heavy (non-hydrogen) atoms. The van der Waals surface area contributed by atoms with Gasteiger partial charge in [-0.25, -0.2) is 0 Å². The van der Waals surface area contributed by atoms with Crippen molar-refractivity contribution in [3.05, 3.63) is 11.6 Å². The van der Waals surface area contributed by atoms with E-state index in [0.29, 0.717) is 6.42 Å². The maximum absolute atomic E-state index is 11.7. The van der Waals surface area contributed by atoms with Crippen LogP contribution in [0.4, 0.5) is 0 Å². The molecule has 6 N–H and O–H groups in total. The van der Waals surface area contributed by atoms with E-state index < -0.39 is 58.3 Å². The zero-order valence-corrected chi connectivity index (χ0v) is 15.9. The summed E-state index contributed by atoms with van der Waals surface area (Å²) in [5, 5.41) is 66.9. The molecule has 10 atom stereocenters. The number of rotatable bonds is 0. The van der Waals surface area contributed by atoms with E-state index in [2.05, 4.69) is 0 Å². The molecule has 3 saturated carbocycles.